The van der Waals surface area contributed by atoms with Gasteiger partial charge in [0, 0.05) is 16.8 Å². The van der Waals surface area contributed by atoms with Crippen LogP contribution in [-0.2, 0) is 0 Å². The van der Waals surface area contributed by atoms with Gasteiger partial charge in [0.1, 0.15) is 0 Å². The van der Waals surface area contributed by atoms with Crippen LogP contribution in [0.15, 0.2) is 69.7 Å². The van der Waals surface area contributed by atoms with Crippen molar-refractivity contribution in [2.24, 2.45) is 5.10 Å². The van der Waals surface area contributed by atoms with E-state index in [1.165, 1.54) is 21.2 Å². The van der Waals surface area contributed by atoms with E-state index in [4.69, 9.17) is 0 Å². The molecule has 1 N–H and O–H groups in total. The van der Waals surface area contributed by atoms with Crippen molar-refractivity contribution in [2.75, 3.05) is 18.5 Å². The predicted molar refractivity (Wildman–Crippen MR) is 110 cm³/mol. The molecule has 1 aliphatic heterocycles. The topological polar surface area (TPSA) is 27.6 Å². The molecule has 1 aliphatic rings. The predicted octanol–water partition coefficient (Wildman–Crippen LogP) is 5.58. The van der Waals surface area contributed by atoms with E-state index in [2.05, 4.69) is 72.3 Å². The Morgan fingerprint density at radius 2 is 2.04 bits per heavy atom. The van der Waals surface area contributed by atoms with Crippen molar-refractivity contribution in [3.63, 3.8) is 0 Å². The van der Waals surface area contributed by atoms with Gasteiger partial charge < -0.3 is 10.3 Å². The minimum atomic E-state index is 0.781. The van der Waals surface area contributed by atoms with Crippen LogP contribution in [0.4, 0.5) is 5.69 Å². The van der Waals surface area contributed by atoms with Crippen molar-refractivity contribution in [1.29, 1.82) is 0 Å². The third-order valence-electron chi connectivity index (χ3n) is 3.48. The first-order chi connectivity index (χ1) is 11.7. The lowest BCUT2D eigenvalue weighted by Crippen LogP contribution is -2.32. The van der Waals surface area contributed by atoms with E-state index in [0.717, 1.165) is 18.7 Å². The molecule has 1 aromatic carbocycles. The second kappa shape index (κ2) is 10.8. The van der Waals surface area contributed by atoms with E-state index in [-0.39, 0.29) is 0 Å². The summed E-state index contributed by atoms with van der Waals surface area (Å²) < 4.78 is 0. The van der Waals surface area contributed by atoms with Gasteiger partial charge in [0.2, 0.25) is 0 Å². The molecule has 0 spiro atoms. The summed E-state index contributed by atoms with van der Waals surface area (Å²) in [4.78, 5) is 4.82. The molecule has 0 atom stereocenters. The van der Waals surface area contributed by atoms with Crippen molar-refractivity contribution in [2.45, 2.75) is 39.0 Å². The lowest BCUT2D eigenvalue weighted by atomic mass is 10.2. The minimum Gasteiger partial charge on any atom is -0.334 e. The van der Waals surface area contributed by atoms with Gasteiger partial charge in [-0.25, -0.2) is 0 Å². The first kappa shape index (κ1) is 20.1. The van der Waals surface area contributed by atoms with Gasteiger partial charge in [-0.05, 0) is 31.6 Å². The highest BCUT2D eigenvalue weighted by Crippen LogP contribution is 2.45. The molecule has 0 aliphatic carbocycles. The van der Waals surface area contributed by atoms with Crippen LogP contribution in [0.3, 0.4) is 0 Å². The Morgan fingerprint density at radius 3 is 2.62 bits per heavy atom. The van der Waals surface area contributed by atoms with Crippen LogP contribution in [0.1, 0.15) is 34.1 Å². The van der Waals surface area contributed by atoms with E-state index in [9.17, 15) is 0 Å². The number of para-hydroxylation sites is 1. The summed E-state index contributed by atoms with van der Waals surface area (Å²) in [5.41, 5.74) is 6.48. The first-order valence-corrected chi connectivity index (χ1v) is 9.32. The number of rotatable bonds is 5. The third kappa shape index (κ3) is 4.78. The number of hydrogen-bond donors (Lipinski definition) is 1. The molecule has 0 saturated carbocycles. The maximum Gasteiger partial charge on any atom is 0.0633 e. The molecule has 0 bridgehead atoms. The standard InChI is InChI=1S/C18H23N3S.C2H6/c1-5-10-17-15(7-3)21(13-14(6-2)20-19-4)16-11-8-9-12-18(16)22-17;1-2/h5,7-12,19H,1,6,13H2,2-4H3;1-2H3/b15-7+,17-10+,20-14+;. The number of benzene rings is 1. The van der Waals surface area contributed by atoms with E-state index in [1.807, 2.05) is 27.0 Å². The van der Waals surface area contributed by atoms with Crippen molar-refractivity contribution in [1.82, 2.24) is 5.43 Å². The van der Waals surface area contributed by atoms with Crippen LogP contribution < -0.4 is 10.3 Å². The molecule has 0 radical (unpaired) electrons. The summed E-state index contributed by atoms with van der Waals surface area (Å²) in [5.74, 6) is 0. The average Bonchev–Trinajstić information content (AvgIpc) is 2.63. The van der Waals surface area contributed by atoms with Crippen molar-refractivity contribution >= 4 is 23.2 Å². The highest BCUT2D eigenvalue weighted by atomic mass is 32.2. The number of thioether (sulfide) groups is 1. The Hall–Kier alpha value is -1.94. The maximum atomic E-state index is 4.40. The summed E-state index contributed by atoms with van der Waals surface area (Å²) in [7, 11) is 1.84. The average molecular weight is 344 g/mol. The van der Waals surface area contributed by atoms with E-state index in [0.29, 0.717) is 0 Å². The molecule has 0 aromatic heterocycles. The quantitative estimate of drug-likeness (QED) is 0.558. The number of allylic oxidation sites excluding steroid dienone is 3. The molecule has 24 heavy (non-hydrogen) atoms. The molecule has 0 unspecified atom stereocenters. The maximum absolute atomic E-state index is 4.40. The van der Waals surface area contributed by atoms with Gasteiger partial charge in [-0.2, -0.15) is 5.10 Å². The third-order valence-corrected chi connectivity index (χ3v) is 4.61. The van der Waals surface area contributed by atoms with Crippen LogP contribution >= 0.6 is 11.8 Å². The van der Waals surface area contributed by atoms with Gasteiger partial charge in [0.05, 0.1) is 23.6 Å². The van der Waals surface area contributed by atoms with Crippen LogP contribution in [0.2, 0.25) is 0 Å². The Balaban J connectivity index is 0.00000139. The van der Waals surface area contributed by atoms with E-state index >= 15 is 0 Å². The van der Waals surface area contributed by atoms with Gasteiger partial charge in [-0.1, -0.05) is 63.4 Å². The largest absolute Gasteiger partial charge is 0.334 e. The van der Waals surface area contributed by atoms with Gasteiger partial charge >= 0.3 is 0 Å². The van der Waals surface area contributed by atoms with E-state index < -0.39 is 0 Å². The fraction of sp³-hybridized carbons (Fsp3) is 0.350. The van der Waals surface area contributed by atoms with Crippen LogP contribution in [-0.4, -0.2) is 19.3 Å². The fourth-order valence-electron chi connectivity index (χ4n) is 2.46. The fourth-order valence-corrected chi connectivity index (χ4v) is 3.62. The molecule has 1 heterocycles. The minimum absolute atomic E-state index is 0.781. The molecule has 0 fully saturated rings. The normalized spacial score (nSPS) is 17.2. The second-order valence-electron chi connectivity index (χ2n) is 4.85. The SMILES string of the molecule is C=C/C=C1/Sc2ccccc2N(C/C(CC)=N/NC)/C1=C/C.CC. The molecular weight excluding hydrogens is 314 g/mol. The summed E-state index contributed by atoms with van der Waals surface area (Å²) in [6.07, 6.45) is 7.00. The number of hydrazone groups is 1. The first-order valence-electron chi connectivity index (χ1n) is 8.51. The number of anilines is 1. The smallest absolute Gasteiger partial charge is 0.0633 e. The molecule has 2 rings (SSSR count). The van der Waals surface area contributed by atoms with Crippen molar-refractivity contribution < 1.29 is 0 Å². The van der Waals surface area contributed by atoms with Crippen LogP contribution in [0.25, 0.3) is 0 Å². The zero-order valence-corrected chi connectivity index (χ0v) is 16.3. The lowest BCUT2D eigenvalue weighted by Gasteiger charge is -2.35. The number of hydrogen-bond acceptors (Lipinski definition) is 4. The molecular formula is C20H29N3S. The summed E-state index contributed by atoms with van der Waals surface area (Å²) in [6, 6.07) is 8.50. The van der Waals surface area contributed by atoms with Gasteiger partial charge in [-0.3, -0.25) is 0 Å². The van der Waals surface area contributed by atoms with Crippen LogP contribution in [0.5, 0.6) is 0 Å². The molecule has 130 valence electrons. The van der Waals surface area contributed by atoms with Crippen LogP contribution in [0, 0.1) is 0 Å². The van der Waals surface area contributed by atoms with E-state index in [1.54, 1.807) is 11.8 Å². The lowest BCUT2D eigenvalue weighted by molar-refractivity contribution is 0.875. The summed E-state index contributed by atoms with van der Waals surface area (Å²) in [6.45, 7) is 12.8. The molecule has 0 saturated heterocycles. The summed E-state index contributed by atoms with van der Waals surface area (Å²) >= 11 is 1.79. The van der Waals surface area contributed by atoms with Gasteiger partial charge in [-0.15, -0.1) is 0 Å². The monoisotopic (exact) mass is 343 g/mol. The van der Waals surface area contributed by atoms with Gasteiger partial charge in [0.15, 0.2) is 0 Å². The Morgan fingerprint density at radius 1 is 1.33 bits per heavy atom. The number of nitrogens with one attached hydrogen (secondary N) is 1. The molecule has 0 amide bonds. The zero-order valence-electron chi connectivity index (χ0n) is 15.5. The highest BCUT2D eigenvalue weighted by Gasteiger charge is 2.25. The van der Waals surface area contributed by atoms with Gasteiger partial charge in [0.25, 0.3) is 0 Å². The second-order valence-corrected chi connectivity index (χ2v) is 5.94. The van der Waals surface area contributed by atoms with Crippen molar-refractivity contribution in [3.05, 3.63) is 59.7 Å². The Kier molecular flexibility index (Phi) is 9.02. The number of nitrogens with zero attached hydrogens (tertiary/aromatic N) is 2. The summed E-state index contributed by atoms with van der Waals surface area (Å²) in [5, 5.41) is 4.40. The highest BCUT2D eigenvalue weighted by molar-refractivity contribution is 8.03. The Labute approximate surface area is 151 Å². The Bertz CT molecular complexity index is 630. The molecule has 3 nitrogen and oxygen atoms in total. The molecule has 1 aromatic rings. The molecule has 4 heteroatoms. The number of fused-ring (bicyclic) bond motifs is 1. The van der Waals surface area contributed by atoms with Crippen molar-refractivity contribution in [3.8, 4) is 0 Å². The zero-order chi connectivity index (χ0) is 17.9.